The second-order valence-electron chi connectivity index (χ2n) is 3.38. The van der Waals surface area contributed by atoms with Crippen LogP contribution in [0.5, 0.6) is 0 Å². The fourth-order valence-corrected chi connectivity index (χ4v) is 1.43. The predicted octanol–water partition coefficient (Wildman–Crippen LogP) is 1.65. The first-order valence-electron chi connectivity index (χ1n) is 5.07. The van der Waals surface area contributed by atoms with Crippen LogP contribution in [-0.4, -0.2) is 32.7 Å². The van der Waals surface area contributed by atoms with Crippen LogP contribution >= 0.6 is 11.6 Å². The van der Waals surface area contributed by atoms with Gasteiger partial charge in [0.05, 0.1) is 13.2 Å². The minimum atomic E-state index is -0.486. The number of amides is 1. The number of anilines is 1. The molecule has 0 aliphatic heterocycles. The summed E-state index contributed by atoms with van der Waals surface area (Å²) in [5.41, 5.74) is 0.341. The van der Waals surface area contributed by atoms with Gasteiger partial charge in [-0.25, -0.2) is 4.39 Å². The third kappa shape index (κ3) is 5.63. The van der Waals surface area contributed by atoms with Crippen molar-refractivity contribution in [1.29, 1.82) is 0 Å². The van der Waals surface area contributed by atoms with Crippen LogP contribution in [0, 0.1) is 5.82 Å². The molecular weight excluding hydrogens is 247 g/mol. The predicted molar refractivity (Wildman–Crippen MR) is 64.8 cm³/mol. The molecule has 17 heavy (non-hydrogen) atoms. The molecule has 0 unspecified atom stereocenters. The van der Waals surface area contributed by atoms with Gasteiger partial charge in [-0.3, -0.25) is 4.79 Å². The quantitative estimate of drug-likeness (QED) is 0.765. The molecule has 0 fully saturated rings. The lowest BCUT2D eigenvalue weighted by Gasteiger charge is -2.07. The van der Waals surface area contributed by atoms with Gasteiger partial charge in [0.25, 0.3) is 0 Å². The second kappa shape index (κ2) is 7.21. The zero-order chi connectivity index (χ0) is 12.7. The molecule has 1 aromatic rings. The van der Waals surface area contributed by atoms with Crippen molar-refractivity contribution in [3.63, 3.8) is 0 Å². The molecule has 4 nitrogen and oxygen atoms in total. The van der Waals surface area contributed by atoms with E-state index in [1.807, 2.05) is 0 Å². The van der Waals surface area contributed by atoms with Crippen molar-refractivity contribution in [2.24, 2.45) is 0 Å². The molecule has 6 heteroatoms. The van der Waals surface area contributed by atoms with E-state index in [0.29, 0.717) is 18.8 Å². The number of methoxy groups -OCH3 is 1. The number of hydrogen-bond donors (Lipinski definition) is 2. The van der Waals surface area contributed by atoms with Crippen molar-refractivity contribution in [3.8, 4) is 0 Å². The molecule has 94 valence electrons. The molecule has 1 rings (SSSR count). The average Bonchev–Trinajstić information content (AvgIpc) is 2.23. The SMILES string of the molecule is COCCNCC(=O)Nc1cc(F)cc(Cl)c1. The first kappa shape index (κ1) is 13.9. The Kier molecular flexibility index (Phi) is 5.90. The number of benzene rings is 1. The third-order valence-electron chi connectivity index (χ3n) is 1.91. The van der Waals surface area contributed by atoms with Crippen LogP contribution in [0.2, 0.25) is 5.02 Å². The van der Waals surface area contributed by atoms with Gasteiger partial charge < -0.3 is 15.4 Å². The first-order chi connectivity index (χ1) is 8.11. The van der Waals surface area contributed by atoms with Crippen LogP contribution < -0.4 is 10.6 Å². The summed E-state index contributed by atoms with van der Waals surface area (Å²) in [7, 11) is 1.58. The zero-order valence-corrected chi connectivity index (χ0v) is 10.2. The number of hydrogen-bond acceptors (Lipinski definition) is 3. The fourth-order valence-electron chi connectivity index (χ4n) is 1.21. The Labute approximate surface area is 104 Å². The van der Waals surface area contributed by atoms with Crippen LogP contribution in [0.3, 0.4) is 0 Å². The van der Waals surface area contributed by atoms with E-state index in [-0.39, 0.29) is 17.5 Å². The standard InChI is InChI=1S/C11H14ClFN2O2/c1-17-3-2-14-7-11(16)15-10-5-8(12)4-9(13)6-10/h4-6,14H,2-3,7H2,1H3,(H,15,16). The molecule has 0 saturated heterocycles. The van der Waals surface area contributed by atoms with E-state index < -0.39 is 5.82 Å². The third-order valence-corrected chi connectivity index (χ3v) is 2.13. The molecule has 0 aliphatic rings. The monoisotopic (exact) mass is 260 g/mol. The first-order valence-corrected chi connectivity index (χ1v) is 5.45. The van der Waals surface area contributed by atoms with Gasteiger partial charge in [-0.1, -0.05) is 11.6 Å². The Hall–Kier alpha value is -1.17. The largest absolute Gasteiger partial charge is 0.383 e. The summed E-state index contributed by atoms with van der Waals surface area (Å²) in [6.45, 7) is 1.24. The van der Waals surface area contributed by atoms with Crippen LogP contribution in [0.1, 0.15) is 0 Å². The van der Waals surface area contributed by atoms with E-state index in [0.717, 1.165) is 0 Å². The summed E-state index contributed by atoms with van der Waals surface area (Å²) in [5, 5.41) is 5.65. The molecule has 1 aromatic carbocycles. The van der Waals surface area contributed by atoms with Crippen molar-refractivity contribution < 1.29 is 13.9 Å². The Morgan fingerprint density at radius 1 is 1.47 bits per heavy atom. The van der Waals surface area contributed by atoms with Gasteiger partial charge in [-0.2, -0.15) is 0 Å². The summed E-state index contributed by atoms with van der Waals surface area (Å²) in [4.78, 5) is 11.4. The minimum Gasteiger partial charge on any atom is -0.383 e. The average molecular weight is 261 g/mol. The van der Waals surface area contributed by atoms with Crippen LogP contribution in [0.15, 0.2) is 18.2 Å². The Morgan fingerprint density at radius 2 is 2.24 bits per heavy atom. The molecule has 0 saturated carbocycles. The van der Waals surface area contributed by atoms with Gasteiger partial charge in [0.2, 0.25) is 5.91 Å². The molecular formula is C11H14ClFN2O2. The van der Waals surface area contributed by atoms with Crippen molar-refractivity contribution >= 4 is 23.2 Å². The van der Waals surface area contributed by atoms with E-state index >= 15 is 0 Å². The molecule has 1 amide bonds. The Bertz CT molecular complexity index is 367. The normalized spacial score (nSPS) is 10.3. The summed E-state index contributed by atoms with van der Waals surface area (Å²) in [6, 6.07) is 3.87. The van der Waals surface area contributed by atoms with E-state index in [1.165, 1.54) is 18.2 Å². The van der Waals surface area contributed by atoms with Crippen LogP contribution in [0.25, 0.3) is 0 Å². The van der Waals surface area contributed by atoms with Gasteiger partial charge in [0.1, 0.15) is 5.82 Å². The number of rotatable bonds is 6. The molecule has 0 bridgehead atoms. The van der Waals surface area contributed by atoms with Crippen LogP contribution in [0.4, 0.5) is 10.1 Å². The molecule has 0 aliphatic carbocycles. The highest BCUT2D eigenvalue weighted by Gasteiger charge is 2.04. The summed E-state index contributed by atoms with van der Waals surface area (Å²) >= 11 is 5.66. The summed E-state index contributed by atoms with van der Waals surface area (Å²) in [6.07, 6.45) is 0. The fraction of sp³-hybridized carbons (Fsp3) is 0.364. The molecule has 0 heterocycles. The van der Waals surface area contributed by atoms with Gasteiger partial charge in [-0.05, 0) is 18.2 Å². The van der Waals surface area contributed by atoms with Gasteiger partial charge >= 0.3 is 0 Å². The van der Waals surface area contributed by atoms with Gasteiger partial charge in [-0.15, -0.1) is 0 Å². The Balaban J connectivity index is 2.39. The number of carbonyl (C=O) groups excluding carboxylic acids is 1. The van der Waals surface area contributed by atoms with Crippen LogP contribution in [-0.2, 0) is 9.53 Å². The number of carbonyl (C=O) groups is 1. The van der Waals surface area contributed by atoms with Gasteiger partial charge in [0.15, 0.2) is 0 Å². The molecule has 0 atom stereocenters. The summed E-state index contributed by atoms with van der Waals surface area (Å²) < 4.78 is 17.8. The zero-order valence-electron chi connectivity index (χ0n) is 9.43. The lowest BCUT2D eigenvalue weighted by molar-refractivity contribution is -0.115. The van der Waals surface area contributed by atoms with Crippen molar-refractivity contribution in [3.05, 3.63) is 29.0 Å². The maximum absolute atomic E-state index is 13.0. The number of halogens is 2. The topological polar surface area (TPSA) is 50.4 Å². The lowest BCUT2D eigenvalue weighted by atomic mass is 10.3. The van der Waals surface area contributed by atoms with Crippen molar-refractivity contribution in [2.75, 3.05) is 32.1 Å². The maximum atomic E-state index is 13.0. The molecule has 0 aromatic heterocycles. The highest BCUT2D eigenvalue weighted by atomic mass is 35.5. The van der Waals surface area contributed by atoms with E-state index in [4.69, 9.17) is 16.3 Å². The maximum Gasteiger partial charge on any atom is 0.238 e. The van der Waals surface area contributed by atoms with E-state index in [1.54, 1.807) is 7.11 Å². The second-order valence-corrected chi connectivity index (χ2v) is 3.81. The van der Waals surface area contributed by atoms with E-state index in [2.05, 4.69) is 10.6 Å². The lowest BCUT2D eigenvalue weighted by Crippen LogP contribution is -2.30. The number of nitrogens with one attached hydrogen (secondary N) is 2. The molecule has 2 N–H and O–H groups in total. The number of ether oxygens (including phenoxy) is 1. The van der Waals surface area contributed by atoms with Crippen molar-refractivity contribution in [2.45, 2.75) is 0 Å². The smallest absolute Gasteiger partial charge is 0.238 e. The minimum absolute atomic E-state index is 0.136. The highest BCUT2D eigenvalue weighted by Crippen LogP contribution is 2.17. The Morgan fingerprint density at radius 3 is 2.88 bits per heavy atom. The molecule has 0 radical (unpaired) electrons. The summed E-state index contributed by atoms with van der Waals surface area (Å²) in [5.74, 6) is -0.747. The highest BCUT2D eigenvalue weighted by molar-refractivity contribution is 6.30. The van der Waals surface area contributed by atoms with Crippen molar-refractivity contribution in [1.82, 2.24) is 5.32 Å². The van der Waals surface area contributed by atoms with E-state index in [9.17, 15) is 9.18 Å². The molecule has 0 spiro atoms. The van der Waals surface area contributed by atoms with Gasteiger partial charge in [0, 0.05) is 24.4 Å².